The van der Waals surface area contributed by atoms with Crippen LogP contribution < -0.4 is 0 Å². The topological polar surface area (TPSA) is 29.5 Å². The van der Waals surface area contributed by atoms with Crippen molar-refractivity contribution >= 4 is 0 Å². The number of hydrogen-bond acceptors (Lipinski definition) is 2. The van der Waals surface area contributed by atoms with E-state index in [2.05, 4.69) is 4.74 Å². The second-order valence-corrected chi connectivity index (χ2v) is 1.06. The monoisotopic (exact) mass is 73.0 g/mol. The molecule has 1 rings (SSSR count). The molecule has 2 heteroatoms. The van der Waals surface area contributed by atoms with Crippen LogP contribution in [0.3, 0.4) is 0 Å². The molecule has 0 bridgehead atoms. The van der Waals surface area contributed by atoms with E-state index in [0.29, 0.717) is 19.3 Å². The van der Waals surface area contributed by atoms with Crippen molar-refractivity contribution in [3.63, 3.8) is 0 Å². The van der Waals surface area contributed by atoms with E-state index >= 15 is 0 Å². The minimum absolute atomic E-state index is 0.458. The highest BCUT2D eigenvalue weighted by Crippen LogP contribution is 2.05. The Bertz CT molecular complexity index is 31.9. The minimum Gasteiger partial charge on any atom is -0.382 e. The molecule has 1 heterocycles. The maximum atomic E-state index is 8.24. The van der Waals surface area contributed by atoms with Crippen molar-refractivity contribution in [2.24, 2.45) is 0 Å². The molecule has 0 unspecified atom stereocenters. The molecule has 1 aliphatic heterocycles. The predicted molar refractivity (Wildman–Crippen MR) is 16.0 cm³/mol. The van der Waals surface area contributed by atoms with Crippen molar-refractivity contribution in [2.75, 3.05) is 13.2 Å². The third kappa shape index (κ3) is 0.412. The van der Waals surface area contributed by atoms with Crippen LogP contribution in [-0.2, 0) is 4.74 Å². The molecule has 0 aliphatic carbocycles. The summed E-state index contributed by atoms with van der Waals surface area (Å²) in [6.07, 6.45) is 0.463. The molecule has 1 saturated heterocycles. The van der Waals surface area contributed by atoms with Gasteiger partial charge < -0.3 is 9.84 Å². The predicted octanol–water partition coefficient (Wildman–Crippen LogP) is -0.0789. The zero-order valence-corrected chi connectivity index (χ0v) is 2.77. The Labute approximate surface area is 30.4 Å². The van der Waals surface area contributed by atoms with Gasteiger partial charge in [-0.05, 0) is 0 Å². The van der Waals surface area contributed by atoms with Gasteiger partial charge in [-0.1, -0.05) is 0 Å². The van der Waals surface area contributed by atoms with Gasteiger partial charge >= 0.3 is 0 Å². The van der Waals surface area contributed by atoms with E-state index in [1.165, 1.54) is 0 Å². The van der Waals surface area contributed by atoms with E-state index in [4.69, 9.17) is 5.11 Å². The fourth-order valence-electron chi connectivity index (χ4n) is 0.193. The fourth-order valence-corrected chi connectivity index (χ4v) is 0.193. The van der Waals surface area contributed by atoms with Gasteiger partial charge in [-0.3, -0.25) is 0 Å². The Morgan fingerprint density at radius 3 is 2.00 bits per heavy atom. The first-order valence-electron chi connectivity index (χ1n) is 1.51. The summed E-state index contributed by atoms with van der Waals surface area (Å²) in [5, 5.41) is 8.24. The Hall–Kier alpha value is -0.0800. The molecular formula is C3H5O2. The van der Waals surface area contributed by atoms with Gasteiger partial charge in [-0.25, -0.2) is 0 Å². The lowest BCUT2D eigenvalue weighted by Gasteiger charge is -2.17. The van der Waals surface area contributed by atoms with Crippen molar-refractivity contribution in [3.05, 3.63) is 6.10 Å². The van der Waals surface area contributed by atoms with Gasteiger partial charge in [-0.2, -0.15) is 0 Å². The molecule has 0 aromatic heterocycles. The van der Waals surface area contributed by atoms with E-state index in [0.717, 1.165) is 0 Å². The van der Waals surface area contributed by atoms with Crippen LogP contribution in [0.25, 0.3) is 0 Å². The highest BCUT2D eigenvalue weighted by atomic mass is 16.5. The molecule has 0 atom stereocenters. The Morgan fingerprint density at radius 2 is 2.00 bits per heavy atom. The summed E-state index contributed by atoms with van der Waals surface area (Å²) < 4.78 is 4.55. The van der Waals surface area contributed by atoms with Gasteiger partial charge in [0.05, 0.1) is 13.2 Å². The summed E-state index contributed by atoms with van der Waals surface area (Å²) >= 11 is 0. The standard InChI is InChI=1S/C3H5O2/c4-3-1-5-2-3/h4H,1-2H2. The number of rotatable bonds is 0. The summed E-state index contributed by atoms with van der Waals surface area (Å²) in [6, 6.07) is 0. The molecule has 2 nitrogen and oxygen atoms in total. The molecule has 0 aromatic rings. The van der Waals surface area contributed by atoms with Gasteiger partial charge in [0.1, 0.15) is 6.10 Å². The molecule has 1 radical (unpaired) electrons. The first kappa shape index (κ1) is 3.12. The lowest BCUT2D eigenvalue weighted by atomic mass is 10.3. The van der Waals surface area contributed by atoms with Gasteiger partial charge in [0.2, 0.25) is 0 Å². The second kappa shape index (κ2) is 0.954. The first-order valence-corrected chi connectivity index (χ1v) is 1.51. The maximum absolute atomic E-state index is 8.24. The molecule has 1 fully saturated rings. The Kier molecular flexibility index (Phi) is 0.596. The molecule has 0 saturated carbocycles. The van der Waals surface area contributed by atoms with Gasteiger partial charge in [0.25, 0.3) is 0 Å². The molecule has 29 valence electrons. The van der Waals surface area contributed by atoms with Crippen molar-refractivity contribution in [2.45, 2.75) is 0 Å². The highest BCUT2D eigenvalue weighted by Gasteiger charge is 2.14. The lowest BCUT2D eigenvalue weighted by Crippen LogP contribution is -2.23. The van der Waals surface area contributed by atoms with Crippen LogP contribution >= 0.6 is 0 Å². The molecule has 5 heavy (non-hydrogen) atoms. The van der Waals surface area contributed by atoms with E-state index in [1.807, 2.05) is 0 Å². The average molecular weight is 73.1 g/mol. The van der Waals surface area contributed by atoms with Gasteiger partial charge in [0.15, 0.2) is 0 Å². The number of aliphatic hydroxyl groups excluding tert-OH is 1. The Morgan fingerprint density at radius 1 is 1.60 bits per heavy atom. The number of aliphatic hydroxyl groups is 1. The second-order valence-electron chi connectivity index (χ2n) is 1.06. The third-order valence-corrected chi connectivity index (χ3v) is 0.537. The normalized spacial score (nSPS) is 25.8. The van der Waals surface area contributed by atoms with Crippen LogP contribution in [0.5, 0.6) is 0 Å². The van der Waals surface area contributed by atoms with E-state index in [9.17, 15) is 0 Å². The summed E-state index contributed by atoms with van der Waals surface area (Å²) in [6.45, 7) is 0.917. The summed E-state index contributed by atoms with van der Waals surface area (Å²) in [5.41, 5.74) is 0. The van der Waals surface area contributed by atoms with Gasteiger partial charge in [0, 0.05) is 0 Å². The Balaban J connectivity index is 2.08. The summed E-state index contributed by atoms with van der Waals surface area (Å²) in [5.74, 6) is 0. The maximum Gasteiger partial charge on any atom is 0.144 e. The van der Waals surface area contributed by atoms with Crippen LogP contribution in [0.4, 0.5) is 0 Å². The quantitative estimate of drug-likeness (QED) is 0.434. The van der Waals surface area contributed by atoms with Crippen LogP contribution in [0.1, 0.15) is 0 Å². The third-order valence-electron chi connectivity index (χ3n) is 0.537. The minimum atomic E-state index is 0.458. The highest BCUT2D eigenvalue weighted by molar-refractivity contribution is 4.81. The molecule has 0 spiro atoms. The summed E-state index contributed by atoms with van der Waals surface area (Å²) in [7, 11) is 0. The average Bonchev–Trinajstić information content (AvgIpc) is 1.30. The van der Waals surface area contributed by atoms with Crippen molar-refractivity contribution < 1.29 is 9.84 Å². The van der Waals surface area contributed by atoms with Crippen molar-refractivity contribution in [1.82, 2.24) is 0 Å². The van der Waals surface area contributed by atoms with Crippen LogP contribution in [0.2, 0.25) is 0 Å². The first-order chi connectivity index (χ1) is 2.39. The van der Waals surface area contributed by atoms with Crippen molar-refractivity contribution in [3.8, 4) is 0 Å². The number of ether oxygens (including phenoxy) is 1. The van der Waals surface area contributed by atoms with Crippen LogP contribution in [0, 0.1) is 6.10 Å². The molecule has 0 amide bonds. The molecular weight excluding hydrogens is 68.0 g/mol. The van der Waals surface area contributed by atoms with Crippen LogP contribution in [-0.4, -0.2) is 18.3 Å². The lowest BCUT2D eigenvalue weighted by molar-refractivity contribution is -0.0191. The smallest absolute Gasteiger partial charge is 0.144 e. The van der Waals surface area contributed by atoms with Crippen molar-refractivity contribution in [1.29, 1.82) is 0 Å². The van der Waals surface area contributed by atoms with E-state index in [1.54, 1.807) is 0 Å². The molecule has 1 aliphatic rings. The fraction of sp³-hybridized carbons (Fsp3) is 0.667. The zero-order chi connectivity index (χ0) is 3.70. The van der Waals surface area contributed by atoms with E-state index in [-0.39, 0.29) is 0 Å². The molecule has 1 N–H and O–H groups in total. The number of hydrogen-bond donors (Lipinski definition) is 1. The SMILES string of the molecule is O[C]1COC1. The zero-order valence-electron chi connectivity index (χ0n) is 2.77. The molecule has 0 aromatic carbocycles. The largest absolute Gasteiger partial charge is 0.382 e. The van der Waals surface area contributed by atoms with E-state index < -0.39 is 0 Å². The van der Waals surface area contributed by atoms with Crippen LogP contribution in [0.15, 0.2) is 0 Å². The van der Waals surface area contributed by atoms with Gasteiger partial charge in [-0.15, -0.1) is 0 Å². The summed E-state index contributed by atoms with van der Waals surface area (Å²) in [4.78, 5) is 0.